The Morgan fingerprint density at radius 1 is 1.10 bits per heavy atom. The number of ether oxygens (including phenoxy) is 1. The molecule has 2 aromatic rings. The molecule has 0 aromatic heterocycles. The van der Waals surface area contributed by atoms with E-state index in [9.17, 15) is 4.79 Å². The standard InChI is InChI=1S/C16H13Cl2NO2/c1-21-13-6-2-11(3-7-13)4-9-16(20)19-12-5-8-14(17)15(18)10-12/h2-10H,1H3,(H,19,20)/b9-4+. The number of anilines is 1. The first-order chi connectivity index (χ1) is 10.1. The van der Waals surface area contributed by atoms with E-state index in [0.29, 0.717) is 15.7 Å². The van der Waals surface area contributed by atoms with Gasteiger partial charge in [-0.05, 0) is 42.0 Å². The fraction of sp³-hybridized carbons (Fsp3) is 0.0625. The largest absolute Gasteiger partial charge is 0.497 e. The summed E-state index contributed by atoms with van der Waals surface area (Å²) in [6.07, 6.45) is 3.16. The molecular weight excluding hydrogens is 309 g/mol. The van der Waals surface area contributed by atoms with Crippen LogP contribution in [-0.2, 0) is 4.79 Å². The molecule has 0 saturated heterocycles. The van der Waals surface area contributed by atoms with Crippen molar-refractivity contribution >= 4 is 40.9 Å². The van der Waals surface area contributed by atoms with Crippen LogP contribution in [0, 0.1) is 0 Å². The maximum Gasteiger partial charge on any atom is 0.248 e. The lowest BCUT2D eigenvalue weighted by atomic mass is 10.2. The van der Waals surface area contributed by atoms with Crippen molar-refractivity contribution in [2.75, 3.05) is 12.4 Å². The fourth-order valence-electron chi connectivity index (χ4n) is 1.64. The van der Waals surface area contributed by atoms with Gasteiger partial charge in [-0.15, -0.1) is 0 Å². The summed E-state index contributed by atoms with van der Waals surface area (Å²) in [5, 5.41) is 3.55. The summed E-state index contributed by atoms with van der Waals surface area (Å²) in [7, 11) is 1.61. The van der Waals surface area contributed by atoms with Gasteiger partial charge in [0.15, 0.2) is 0 Å². The van der Waals surface area contributed by atoms with Gasteiger partial charge in [0.05, 0.1) is 17.2 Å². The predicted molar refractivity (Wildman–Crippen MR) is 87.1 cm³/mol. The topological polar surface area (TPSA) is 38.3 Å². The van der Waals surface area contributed by atoms with Crippen molar-refractivity contribution < 1.29 is 9.53 Å². The molecule has 5 heteroatoms. The van der Waals surface area contributed by atoms with Crippen molar-refractivity contribution in [3.63, 3.8) is 0 Å². The average molecular weight is 322 g/mol. The van der Waals surface area contributed by atoms with Gasteiger partial charge in [0, 0.05) is 11.8 Å². The number of carbonyl (C=O) groups excluding carboxylic acids is 1. The average Bonchev–Trinajstić information content (AvgIpc) is 2.49. The van der Waals surface area contributed by atoms with E-state index in [1.807, 2.05) is 24.3 Å². The summed E-state index contributed by atoms with van der Waals surface area (Å²) in [5.74, 6) is 0.525. The quantitative estimate of drug-likeness (QED) is 0.832. The van der Waals surface area contributed by atoms with Crippen LogP contribution in [-0.4, -0.2) is 13.0 Å². The second-order valence-corrected chi connectivity index (χ2v) is 5.04. The molecular formula is C16H13Cl2NO2. The number of nitrogens with one attached hydrogen (secondary N) is 1. The Labute approximate surface area is 133 Å². The molecule has 1 N–H and O–H groups in total. The highest BCUT2D eigenvalue weighted by molar-refractivity contribution is 6.42. The van der Waals surface area contributed by atoms with Crippen LogP contribution >= 0.6 is 23.2 Å². The molecule has 0 aliphatic heterocycles. The van der Waals surface area contributed by atoms with Gasteiger partial charge in [0.25, 0.3) is 0 Å². The molecule has 0 radical (unpaired) electrons. The third-order valence-electron chi connectivity index (χ3n) is 2.73. The van der Waals surface area contributed by atoms with Crippen LogP contribution in [0.25, 0.3) is 6.08 Å². The highest BCUT2D eigenvalue weighted by atomic mass is 35.5. The van der Waals surface area contributed by atoms with E-state index < -0.39 is 0 Å². The summed E-state index contributed by atoms with van der Waals surface area (Å²) in [6, 6.07) is 12.3. The second-order valence-electron chi connectivity index (χ2n) is 4.22. The van der Waals surface area contributed by atoms with Crippen LogP contribution in [0.5, 0.6) is 5.75 Å². The molecule has 2 rings (SSSR count). The molecule has 21 heavy (non-hydrogen) atoms. The summed E-state index contributed by atoms with van der Waals surface area (Å²) >= 11 is 11.7. The predicted octanol–water partition coefficient (Wildman–Crippen LogP) is 4.65. The van der Waals surface area contributed by atoms with Crippen LogP contribution in [0.15, 0.2) is 48.5 Å². The third kappa shape index (κ3) is 4.52. The molecule has 0 aliphatic carbocycles. The minimum absolute atomic E-state index is 0.246. The number of hydrogen-bond donors (Lipinski definition) is 1. The SMILES string of the molecule is COc1ccc(/C=C/C(=O)Nc2ccc(Cl)c(Cl)c2)cc1. The minimum Gasteiger partial charge on any atom is -0.497 e. The van der Waals surface area contributed by atoms with Crippen molar-refractivity contribution in [1.82, 2.24) is 0 Å². The molecule has 0 heterocycles. The molecule has 3 nitrogen and oxygen atoms in total. The lowest BCUT2D eigenvalue weighted by molar-refractivity contribution is -0.111. The van der Waals surface area contributed by atoms with Crippen molar-refractivity contribution in [3.8, 4) is 5.75 Å². The molecule has 2 aromatic carbocycles. The summed E-state index contributed by atoms with van der Waals surface area (Å²) < 4.78 is 5.07. The highest BCUT2D eigenvalue weighted by Gasteiger charge is 2.02. The number of benzene rings is 2. The Morgan fingerprint density at radius 2 is 1.81 bits per heavy atom. The van der Waals surface area contributed by atoms with E-state index in [2.05, 4.69) is 5.32 Å². The zero-order valence-electron chi connectivity index (χ0n) is 11.3. The Morgan fingerprint density at radius 3 is 2.43 bits per heavy atom. The van der Waals surface area contributed by atoms with Crippen LogP contribution in [0.3, 0.4) is 0 Å². The van der Waals surface area contributed by atoms with Crippen LogP contribution < -0.4 is 10.1 Å². The first kappa shape index (κ1) is 15.4. The van der Waals surface area contributed by atoms with E-state index in [-0.39, 0.29) is 5.91 Å². The van der Waals surface area contributed by atoms with Gasteiger partial charge >= 0.3 is 0 Å². The van der Waals surface area contributed by atoms with Crippen LogP contribution in [0.4, 0.5) is 5.69 Å². The lowest BCUT2D eigenvalue weighted by Crippen LogP contribution is -2.07. The first-order valence-corrected chi connectivity index (χ1v) is 6.92. The number of hydrogen-bond acceptors (Lipinski definition) is 2. The maximum atomic E-state index is 11.8. The van der Waals surface area contributed by atoms with Crippen LogP contribution in [0.1, 0.15) is 5.56 Å². The van der Waals surface area contributed by atoms with Crippen LogP contribution in [0.2, 0.25) is 10.0 Å². The number of carbonyl (C=O) groups is 1. The molecule has 0 unspecified atom stereocenters. The van der Waals surface area contributed by atoms with Crippen molar-refractivity contribution in [2.45, 2.75) is 0 Å². The number of methoxy groups -OCH3 is 1. The Kier molecular flexibility index (Phi) is 5.26. The molecule has 0 aliphatic rings. The van der Waals surface area contributed by atoms with Crippen molar-refractivity contribution in [3.05, 3.63) is 64.1 Å². The van der Waals surface area contributed by atoms with E-state index in [1.54, 1.807) is 31.4 Å². The van der Waals surface area contributed by atoms with Gasteiger partial charge < -0.3 is 10.1 Å². The molecule has 0 bridgehead atoms. The molecule has 108 valence electrons. The maximum absolute atomic E-state index is 11.8. The number of halogens is 2. The van der Waals surface area contributed by atoms with Gasteiger partial charge in [-0.3, -0.25) is 4.79 Å². The normalized spacial score (nSPS) is 10.6. The monoisotopic (exact) mass is 321 g/mol. The minimum atomic E-state index is -0.246. The summed E-state index contributed by atoms with van der Waals surface area (Å²) in [6.45, 7) is 0. The zero-order chi connectivity index (χ0) is 15.2. The third-order valence-corrected chi connectivity index (χ3v) is 3.47. The second kappa shape index (κ2) is 7.16. The van der Waals surface area contributed by atoms with E-state index in [4.69, 9.17) is 27.9 Å². The Balaban J connectivity index is 1.99. The number of rotatable bonds is 4. The van der Waals surface area contributed by atoms with Crippen molar-refractivity contribution in [1.29, 1.82) is 0 Å². The van der Waals surface area contributed by atoms with Gasteiger partial charge in [-0.2, -0.15) is 0 Å². The smallest absolute Gasteiger partial charge is 0.248 e. The van der Waals surface area contributed by atoms with E-state index >= 15 is 0 Å². The molecule has 0 saturated carbocycles. The zero-order valence-corrected chi connectivity index (χ0v) is 12.8. The molecule has 0 atom stereocenters. The fourth-order valence-corrected chi connectivity index (χ4v) is 1.94. The van der Waals surface area contributed by atoms with E-state index in [1.165, 1.54) is 6.08 Å². The lowest BCUT2D eigenvalue weighted by Gasteiger charge is -2.03. The Bertz CT molecular complexity index is 666. The van der Waals surface area contributed by atoms with Crippen molar-refractivity contribution in [2.24, 2.45) is 0 Å². The van der Waals surface area contributed by atoms with Gasteiger partial charge in [-0.25, -0.2) is 0 Å². The summed E-state index contributed by atoms with van der Waals surface area (Å²) in [4.78, 5) is 11.8. The summed E-state index contributed by atoms with van der Waals surface area (Å²) in [5.41, 5.74) is 1.49. The van der Waals surface area contributed by atoms with Gasteiger partial charge in [-0.1, -0.05) is 35.3 Å². The molecule has 0 fully saturated rings. The molecule has 0 spiro atoms. The van der Waals surface area contributed by atoms with Gasteiger partial charge in [0.2, 0.25) is 5.91 Å². The highest BCUT2D eigenvalue weighted by Crippen LogP contribution is 2.25. The molecule has 1 amide bonds. The van der Waals surface area contributed by atoms with E-state index in [0.717, 1.165) is 11.3 Å². The van der Waals surface area contributed by atoms with Gasteiger partial charge in [0.1, 0.15) is 5.75 Å². The number of amides is 1. The Hall–Kier alpha value is -1.97. The first-order valence-electron chi connectivity index (χ1n) is 6.16.